The molecule has 2 amide bonds. The summed E-state index contributed by atoms with van der Waals surface area (Å²) in [6.07, 6.45) is -0.0792. The minimum absolute atomic E-state index is 0.0358. The fraction of sp³-hybridized carbons (Fsp3) is 0.400. The first-order valence-corrected chi connectivity index (χ1v) is 8.65. The molecule has 8 nitrogen and oxygen atoms in total. The van der Waals surface area contributed by atoms with Crippen molar-refractivity contribution in [2.24, 2.45) is 0 Å². The molecule has 9 heteroatoms. The van der Waals surface area contributed by atoms with Crippen LogP contribution in [0.1, 0.15) is 47.4 Å². The number of rotatable bonds is 6. The van der Waals surface area contributed by atoms with E-state index in [4.69, 9.17) is 5.11 Å². The lowest BCUT2D eigenvalue weighted by Crippen LogP contribution is -2.43. The van der Waals surface area contributed by atoms with E-state index in [0.29, 0.717) is 0 Å². The number of hydrogen-bond acceptors (Lipinski definition) is 5. The van der Waals surface area contributed by atoms with E-state index < -0.39 is 33.3 Å². The lowest BCUT2D eigenvalue weighted by molar-refractivity contribution is -0.137. The molecule has 1 aliphatic heterocycles. The number of sulfonamides is 1. The molecule has 0 saturated heterocycles. The number of amides is 2. The Balaban J connectivity index is 2.30. The van der Waals surface area contributed by atoms with Crippen molar-refractivity contribution in [1.29, 1.82) is 0 Å². The number of aliphatic carboxylic acids is 1. The molecule has 0 fully saturated rings. The highest BCUT2D eigenvalue weighted by atomic mass is 32.2. The number of carbonyl (C=O) groups excluding carboxylic acids is 2. The summed E-state index contributed by atoms with van der Waals surface area (Å²) in [5.74, 6) is -2.06. The van der Waals surface area contributed by atoms with Crippen molar-refractivity contribution < 1.29 is 27.9 Å². The third-order valence-corrected chi connectivity index (χ3v) is 5.44. The maximum Gasteiger partial charge on any atom is 0.303 e. The summed E-state index contributed by atoms with van der Waals surface area (Å²) < 4.78 is 27.4. The van der Waals surface area contributed by atoms with Crippen LogP contribution in [0.15, 0.2) is 23.1 Å². The molecule has 0 unspecified atom stereocenters. The van der Waals surface area contributed by atoms with E-state index in [1.807, 2.05) is 0 Å². The zero-order valence-corrected chi connectivity index (χ0v) is 14.3. The van der Waals surface area contributed by atoms with E-state index in [9.17, 15) is 22.8 Å². The Bertz CT molecular complexity index is 828. The minimum atomic E-state index is -3.97. The predicted octanol–water partition coefficient (Wildman–Crippen LogP) is 0.834. The van der Waals surface area contributed by atoms with E-state index in [-0.39, 0.29) is 28.9 Å². The maximum absolute atomic E-state index is 12.5. The first kappa shape index (κ1) is 18.1. The number of benzene rings is 1. The van der Waals surface area contributed by atoms with Crippen molar-refractivity contribution in [2.45, 2.75) is 37.1 Å². The predicted molar refractivity (Wildman–Crippen MR) is 84.1 cm³/mol. The van der Waals surface area contributed by atoms with Gasteiger partial charge in [0.2, 0.25) is 10.0 Å². The molecule has 1 aromatic rings. The van der Waals surface area contributed by atoms with Gasteiger partial charge in [0.15, 0.2) is 0 Å². The first-order chi connectivity index (χ1) is 10.9. The third kappa shape index (κ3) is 3.46. The summed E-state index contributed by atoms with van der Waals surface area (Å²) in [7, 11) is -2.65. The maximum atomic E-state index is 12.5. The second-order valence-electron chi connectivity index (χ2n) is 6.26. The van der Waals surface area contributed by atoms with Gasteiger partial charge in [0, 0.05) is 19.0 Å². The van der Waals surface area contributed by atoms with Crippen LogP contribution in [0.4, 0.5) is 0 Å². The average molecular weight is 354 g/mol. The third-order valence-electron chi connectivity index (χ3n) is 3.75. The van der Waals surface area contributed by atoms with Crippen molar-refractivity contribution in [3.05, 3.63) is 29.3 Å². The number of hydrogen-bond donors (Lipinski definition) is 2. The summed E-state index contributed by atoms with van der Waals surface area (Å²) in [6.45, 7) is 3.15. The molecule has 0 spiro atoms. The number of carboxylic acids is 1. The molecule has 0 saturated carbocycles. The van der Waals surface area contributed by atoms with Gasteiger partial charge < -0.3 is 5.11 Å². The van der Waals surface area contributed by atoms with Crippen LogP contribution < -0.4 is 4.72 Å². The summed E-state index contributed by atoms with van der Waals surface area (Å²) in [6, 6.07) is 3.71. The van der Waals surface area contributed by atoms with Crippen LogP contribution in [0.25, 0.3) is 0 Å². The molecular formula is C15H18N2O6S. The zero-order valence-electron chi connectivity index (χ0n) is 13.5. The Morgan fingerprint density at radius 3 is 2.38 bits per heavy atom. The van der Waals surface area contributed by atoms with Crippen LogP contribution in [0.5, 0.6) is 0 Å². The lowest BCUT2D eigenvalue weighted by Gasteiger charge is -2.25. The standard InChI is InChI=1S/C15H18N2O6S/c1-15(2,7-6-12(18)19)16-24(22,23)9-4-5-10-11(8-9)14(21)17(3)13(10)20/h4-5,8,16H,6-7H2,1-3H3,(H,18,19). The number of nitrogens with one attached hydrogen (secondary N) is 1. The molecule has 130 valence electrons. The van der Waals surface area contributed by atoms with Crippen molar-refractivity contribution in [1.82, 2.24) is 9.62 Å². The van der Waals surface area contributed by atoms with Gasteiger partial charge >= 0.3 is 5.97 Å². The van der Waals surface area contributed by atoms with E-state index in [1.54, 1.807) is 13.8 Å². The number of nitrogens with zero attached hydrogens (tertiary/aromatic N) is 1. The molecule has 0 bridgehead atoms. The van der Waals surface area contributed by atoms with Crippen LogP contribution >= 0.6 is 0 Å². The number of carboxylic acid groups (broad SMARTS) is 1. The highest BCUT2D eigenvalue weighted by molar-refractivity contribution is 7.89. The quantitative estimate of drug-likeness (QED) is 0.730. The van der Waals surface area contributed by atoms with E-state index in [1.165, 1.54) is 19.2 Å². The van der Waals surface area contributed by atoms with Crippen LogP contribution in [0, 0.1) is 0 Å². The summed E-state index contributed by atoms with van der Waals surface area (Å²) in [5.41, 5.74) is -0.785. The monoisotopic (exact) mass is 354 g/mol. The molecule has 1 aromatic carbocycles. The normalized spacial score (nSPS) is 14.9. The van der Waals surface area contributed by atoms with Crippen LogP contribution in [-0.4, -0.2) is 48.8 Å². The van der Waals surface area contributed by atoms with Gasteiger partial charge in [-0.15, -0.1) is 0 Å². The molecule has 24 heavy (non-hydrogen) atoms. The molecule has 0 aromatic heterocycles. The Hall–Kier alpha value is -2.26. The van der Waals surface area contributed by atoms with Crippen molar-refractivity contribution in [3.8, 4) is 0 Å². The Kier molecular flexibility index (Phi) is 4.51. The molecule has 1 heterocycles. The molecular weight excluding hydrogens is 336 g/mol. The highest BCUT2D eigenvalue weighted by Gasteiger charge is 2.35. The average Bonchev–Trinajstić information content (AvgIpc) is 2.69. The topological polar surface area (TPSA) is 121 Å². The molecule has 2 rings (SSSR count). The zero-order chi connectivity index (χ0) is 18.3. The Morgan fingerprint density at radius 2 is 1.79 bits per heavy atom. The summed E-state index contributed by atoms with van der Waals surface area (Å²) in [4.78, 5) is 35.2. The Morgan fingerprint density at radius 1 is 1.21 bits per heavy atom. The van der Waals surface area contributed by atoms with E-state index in [2.05, 4.69) is 4.72 Å². The van der Waals surface area contributed by atoms with Gasteiger partial charge in [0.25, 0.3) is 11.8 Å². The second-order valence-corrected chi connectivity index (χ2v) is 7.94. The van der Waals surface area contributed by atoms with Gasteiger partial charge in [0.05, 0.1) is 16.0 Å². The van der Waals surface area contributed by atoms with Gasteiger partial charge in [-0.25, -0.2) is 13.1 Å². The number of carbonyl (C=O) groups is 3. The summed E-state index contributed by atoms with van der Waals surface area (Å²) >= 11 is 0. The van der Waals surface area contributed by atoms with Gasteiger partial charge in [0.1, 0.15) is 0 Å². The van der Waals surface area contributed by atoms with Crippen LogP contribution in [0.2, 0.25) is 0 Å². The Labute approximate surface area is 139 Å². The molecule has 0 radical (unpaired) electrons. The smallest absolute Gasteiger partial charge is 0.303 e. The number of imide groups is 1. The van der Waals surface area contributed by atoms with E-state index >= 15 is 0 Å². The molecule has 0 atom stereocenters. The minimum Gasteiger partial charge on any atom is -0.481 e. The molecule has 1 aliphatic rings. The lowest BCUT2D eigenvalue weighted by atomic mass is 10.0. The first-order valence-electron chi connectivity index (χ1n) is 7.17. The van der Waals surface area contributed by atoms with Gasteiger partial charge in [-0.05, 0) is 38.5 Å². The molecule has 2 N–H and O–H groups in total. The number of fused-ring (bicyclic) bond motifs is 1. The fourth-order valence-corrected chi connectivity index (χ4v) is 3.87. The highest BCUT2D eigenvalue weighted by Crippen LogP contribution is 2.25. The second kappa shape index (κ2) is 5.99. The fourth-order valence-electron chi connectivity index (χ4n) is 2.40. The van der Waals surface area contributed by atoms with Gasteiger partial charge in [-0.1, -0.05) is 0 Å². The van der Waals surface area contributed by atoms with Crippen molar-refractivity contribution in [2.75, 3.05) is 7.05 Å². The van der Waals surface area contributed by atoms with Gasteiger partial charge in [-0.2, -0.15) is 0 Å². The summed E-state index contributed by atoms with van der Waals surface area (Å²) in [5, 5.41) is 8.73. The van der Waals surface area contributed by atoms with E-state index in [0.717, 1.165) is 11.0 Å². The van der Waals surface area contributed by atoms with Crippen LogP contribution in [0.3, 0.4) is 0 Å². The molecule has 0 aliphatic carbocycles. The van der Waals surface area contributed by atoms with Crippen LogP contribution in [-0.2, 0) is 14.8 Å². The van der Waals surface area contributed by atoms with Gasteiger partial charge in [-0.3, -0.25) is 19.3 Å². The van der Waals surface area contributed by atoms with Crippen molar-refractivity contribution >= 4 is 27.8 Å². The largest absolute Gasteiger partial charge is 0.481 e. The SMILES string of the molecule is CN1C(=O)c2ccc(S(=O)(=O)NC(C)(C)CCC(=O)O)cc2C1=O. The van der Waals surface area contributed by atoms with Crippen molar-refractivity contribution in [3.63, 3.8) is 0 Å².